The van der Waals surface area contributed by atoms with Crippen molar-refractivity contribution in [3.05, 3.63) is 65.9 Å². The molecule has 24 heavy (non-hydrogen) atoms. The number of nitrogens with zero attached hydrogens (tertiary/aromatic N) is 2. The van der Waals surface area contributed by atoms with Crippen LogP contribution in [0.4, 0.5) is 13.2 Å². The van der Waals surface area contributed by atoms with Crippen LogP contribution in [0.5, 0.6) is 5.75 Å². The van der Waals surface area contributed by atoms with Crippen LogP contribution in [-0.4, -0.2) is 16.1 Å². The molecule has 0 radical (unpaired) electrons. The Balaban J connectivity index is 2.04. The van der Waals surface area contributed by atoms with Crippen molar-refractivity contribution in [2.24, 2.45) is 0 Å². The molecule has 3 rings (SSSR count). The first-order valence-electron chi connectivity index (χ1n) is 7.32. The van der Waals surface area contributed by atoms with Crippen molar-refractivity contribution in [1.29, 1.82) is 0 Å². The number of alkyl halides is 3. The van der Waals surface area contributed by atoms with Crippen molar-refractivity contribution >= 4 is 0 Å². The second kappa shape index (κ2) is 6.03. The molecule has 0 N–H and O–H groups in total. The normalized spacial score (nSPS) is 11.5. The Morgan fingerprint density at radius 3 is 2.33 bits per heavy atom. The van der Waals surface area contributed by atoms with Crippen molar-refractivity contribution < 1.29 is 17.9 Å². The predicted molar refractivity (Wildman–Crippen MR) is 85.2 cm³/mol. The van der Waals surface area contributed by atoms with E-state index in [0.717, 1.165) is 16.9 Å². The summed E-state index contributed by atoms with van der Waals surface area (Å²) in [5, 5.41) is 4.44. The van der Waals surface area contributed by atoms with E-state index in [4.69, 9.17) is 0 Å². The number of hydrogen-bond donors (Lipinski definition) is 0. The van der Waals surface area contributed by atoms with E-state index in [1.807, 2.05) is 44.2 Å². The van der Waals surface area contributed by atoms with Crippen molar-refractivity contribution in [1.82, 2.24) is 9.78 Å². The van der Waals surface area contributed by atoms with Gasteiger partial charge >= 0.3 is 6.36 Å². The van der Waals surface area contributed by atoms with Gasteiger partial charge in [0.25, 0.3) is 0 Å². The number of hydrogen-bond acceptors (Lipinski definition) is 2. The third-order valence-corrected chi connectivity index (χ3v) is 3.47. The Morgan fingerprint density at radius 1 is 0.958 bits per heavy atom. The third-order valence-electron chi connectivity index (χ3n) is 3.47. The topological polar surface area (TPSA) is 27.1 Å². The number of aryl methyl sites for hydroxylation is 2. The van der Waals surface area contributed by atoms with Crippen molar-refractivity contribution in [2.45, 2.75) is 20.2 Å². The van der Waals surface area contributed by atoms with Crippen LogP contribution >= 0.6 is 0 Å². The average Bonchev–Trinajstić information content (AvgIpc) is 2.88. The van der Waals surface area contributed by atoms with Crippen LogP contribution in [0.3, 0.4) is 0 Å². The van der Waals surface area contributed by atoms with Crippen LogP contribution in [0, 0.1) is 13.8 Å². The number of benzene rings is 2. The smallest absolute Gasteiger partial charge is 0.406 e. The highest BCUT2D eigenvalue weighted by molar-refractivity contribution is 5.64. The lowest BCUT2D eigenvalue weighted by Crippen LogP contribution is -2.17. The number of ether oxygens (including phenoxy) is 1. The summed E-state index contributed by atoms with van der Waals surface area (Å²) in [5.41, 5.74) is 4.02. The first-order chi connectivity index (χ1) is 11.3. The van der Waals surface area contributed by atoms with E-state index in [2.05, 4.69) is 9.84 Å². The molecule has 3 nitrogen and oxygen atoms in total. The highest BCUT2D eigenvalue weighted by atomic mass is 19.4. The Hall–Kier alpha value is -2.76. The van der Waals surface area contributed by atoms with E-state index in [-0.39, 0.29) is 5.75 Å². The van der Waals surface area contributed by atoms with Crippen LogP contribution in [0.2, 0.25) is 0 Å². The predicted octanol–water partition coefficient (Wildman–Crippen LogP) is 5.05. The second-order valence-electron chi connectivity index (χ2n) is 5.49. The molecular formula is C18H15F3N2O. The van der Waals surface area contributed by atoms with Crippen LogP contribution in [-0.2, 0) is 0 Å². The van der Waals surface area contributed by atoms with Crippen molar-refractivity contribution in [2.75, 3.05) is 0 Å². The van der Waals surface area contributed by atoms with Gasteiger partial charge < -0.3 is 4.74 Å². The molecule has 0 saturated heterocycles. The van der Waals surface area contributed by atoms with E-state index >= 15 is 0 Å². The summed E-state index contributed by atoms with van der Waals surface area (Å²) < 4.78 is 43.0. The molecule has 0 unspecified atom stereocenters. The first kappa shape index (κ1) is 16.1. The SMILES string of the molecule is Cc1ccc(-n2nc(C)cc2-c2cccc(OC(F)(F)F)c2)cc1. The summed E-state index contributed by atoms with van der Waals surface area (Å²) in [4.78, 5) is 0. The van der Waals surface area contributed by atoms with E-state index in [1.54, 1.807) is 10.7 Å². The largest absolute Gasteiger partial charge is 0.573 e. The van der Waals surface area contributed by atoms with Gasteiger partial charge in [0.2, 0.25) is 0 Å². The summed E-state index contributed by atoms with van der Waals surface area (Å²) in [6.45, 7) is 3.82. The maximum atomic E-state index is 12.4. The zero-order valence-electron chi connectivity index (χ0n) is 13.1. The van der Waals surface area contributed by atoms with Crippen LogP contribution in [0.25, 0.3) is 16.9 Å². The second-order valence-corrected chi connectivity index (χ2v) is 5.49. The molecule has 0 aliphatic heterocycles. The van der Waals surface area contributed by atoms with Gasteiger partial charge in [-0.25, -0.2) is 4.68 Å². The van der Waals surface area contributed by atoms with Crippen LogP contribution in [0.15, 0.2) is 54.6 Å². The van der Waals surface area contributed by atoms with Gasteiger partial charge in [-0.05, 0) is 44.2 Å². The van der Waals surface area contributed by atoms with Gasteiger partial charge in [-0.2, -0.15) is 5.10 Å². The average molecular weight is 332 g/mol. The van der Waals surface area contributed by atoms with Gasteiger partial charge in [-0.1, -0.05) is 29.8 Å². The Bertz CT molecular complexity index is 851. The number of halogens is 3. The zero-order chi connectivity index (χ0) is 17.3. The standard InChI is InChI=1S/C18H15F3N2O/c1-12-6-8-15(9-7-12)23-17(10-13(2)22-23)14-4-3-5-16(11-14)24-18(19,20)21/h3-11H,1-2H3. The first-order valence-corrected chi connectivity index (χ1v) is 7.32. The lowest BCUT2D eigenvalue weighted by molar-refractivity contribution is -0.274. The minimum absolute atomic E-state index is 0.255. The molecule has 0 aliphatic carbocycles. The molecule has 0 aliphatic rings. The molecule has 0 saturated carbocycles. The van der Waals surface area contributed by atoms with Gasteiger partial charge in [0, 0.05) is 5.56 Å². The molecule has 1 aromatic heterocycles. The molecule has 0 amide bonds. The molecule has 3 aromatic rings. The van der Waals surface area contributed by atoms with Gasteiger partial charge in [-0.3, -0.25) is 0 Å². The van der Waals surface area contributed by atoms with E-state index in [1.165, 1.54) is 18.2 Å². The summed E-state index contributed by atoms with van der Waals surface area (Å²) in [7, 11) is 0. The molecule has 6 heteroatoms. The van der Waals surface area contributed by atoms with Gasteiger partial charge in [-0.15, -0.1) is 13.2 Å². The summed E-state index contributed by atoms with van der Waals surface area (Å²) >= 11 is 0. The molecule has 0 fully saturated rings. The monoisotopic (exact) mass is 332 g/mol. The fourth-order valence-corrected chi connectivity index (χ4v) is 2.44. The maximum absolute atomic E-state index is 12.4. The molecular weight excluding hydrogens is 317 g/mol. The fraction of sp³-hybridized carbons (Fsp3) is 0.167. The summed E-state index contributed by atoms with van der Waals surface area (Å²) in [5.74, 6) is -0.255. The molecule has 2 aromatic carbocycles. The highest BCUT2D eigenvalue weighted by Crippen LogP contribution is 2.29. The van der Waals surface area contributed by atoms with Gasteiger partial charge in [0.15, 0.2) is 0 Å². The van der Waals surface area contributed by atoms with E-state index in [9.17, 15) is 13.2 Å². The highest BCUT2D eigenvalue weighted by Gasteiger charge is 2.31. The molecule has 1 heterocycles. The fourth-order valence-electron chi connectivity index (χ4n) is 2.44. The number of rotatable bonds is 3. The summed E-state index contributed by atoms with van der Waals surface area (Å²) in [6.07, 6.45) is -4.72. The summed E-state index contributed by atoms with van der Waals surface area (Å²) in [6, 6.07) is 15.5. The Morgan fingerprint density at radius 2 is 1.67 bits per heavy atom. The minimum atomic E-state index is -4.72. The van der Waals surface area contributed by atoms with E-state index < -0.39 is 6.36 Å². The van der Waals surface area contributed by atoms with E-state index in [0.29, 0.717) is 11.3 Å². The molecule has 0 bridgehead atoms. The lowest BCUT2D eigenvalue weighted by Gasteiger charge is -2.11. The van der Waals surface area contributed by atoms with Crippen molar-refractivity contribution in [3.63, 3.8) is 0 Å². The van der Waals surface area contributed by atoms with Crippen molar-refractivity contribution in [3.8, 4) is 22.7 Å². The van der Waals surface area contributed by atoms with Crippen LogP contribution < -0.4 is 4.74 Å². The Kier molecular flexibility index (Phi) is 4.05. The Labute approximate surface area is 137 Å². The minimum Gasteiger partial charge on any atom is -0.406 e. The molecule has 0 atom stereocenters. The lowest BCUT2D eigenvalue weighted by atomic mass is 10.1. The molecule has 0 spiro atoms. The van der Waals surface area contributed by atoms with Gasteiger partial charge in [0.1, 0.15) is 5.75 Å². The zero-order valence-corrected chi connectivity index (χ0v) is 13.1. The van der Waals surface area contributed by atoms with Gasteiger partial charge in [0.05, 0.1) is 17.1 Å². The van der Waals surface area contributed by atoms with Crippen LogP contribution in [0.1, 0.15) is 11.3 Å². The molecule has 124 valence electrons. The third kappa shape index (κ3) is 3.59. The maximum Gasteiger partial charge on any atom is 0.573 e. The quantitative estimate of drug-likeness (QED) is 0.671. The number of aromatic nitrogens is 2.